The van der Waals surface area contributed by atoms with E-state index in [1.165, 1.54) is 16.9 Å². The highest BCUT2D eigenvalue weighted by atomic mass is 32.1. The van der Waals surface area contributed by atoms with Crippen molar-refractivity contribution in [3.8, 4) is 0 Å². The van der Waals surface area contributed by atoms with Crippen molar-refractivity contribution in [2.45, 2.75) is 70.9 Å². The first kappa shape index (κ1) is 27.3. The molecule has 2 atom stereocenters. The third-order valence-corrected chi connectivity index (χ3v) is 7.25. The van der Waals surface area contributed by atoms with Crippen molar-refractivity contribution >= 4 is 23.2 Å². The van der Waals surface area contributed by atoms with E-state index in [2.05, 4.69) is 22.4 Å². The van der Waals surface area contributed by atoms with Crippen molar-refractivity contribution in [1.29, 1.82) is 0 Å². The molecule has 1 aromatic carbocycles. The Hall–Kier alpha value is -2.29. The van der Waals surface area contributed by atoms with Crippen LogP contribution >= 0.6 is 11.3 Å². The summed E-state index contributed by atoms with van der Waals surface area (Å²) in [5.41, 5.74) is 6.29. The van der Waals surface area contributed by atoms with Crippen LogP contribution in [0.2, 0.25) is 0 Å². The molecule has 192 valence electrons. The van der Waals surface area contributed by atoms with Gasteiger partial charge in [-0.25, -0.2) is 4.98 Å². The molecule has 2 aromatic rings. The van der Waals surface area contributed by atoms with Gasteiger partial charge in [0.15, 0.2) is 0 Å². The molecule has 0 spiro atoms. The highest BCUT2D eigenvalue weighted by Crippen LogP contribution is 2.36. The number of piperidine rings is 1. The van der Waals surface area contributed by atoms with Crippen LogP contribution in [0.4, 0.5) is 0 Å². The number of esters is 1. The molecule has 7 nitrogen and oxygen atoms in total. The molecule has 0 saturated carbocycles. The largest absolute Gasteiger partial charge is 0.466 e. The number of amides is 1. The molecule has 3 N–H and O–H groups in total. The van der Waals surface area contributed by atoms with Crippen LogP contribution in [0.15, 0.2) is 41.9 Å². The number of hydrogen-bond donors (Lipinski definition) is 2. The van der Waals surface area contributed by atoms with Gasteiger partial charge in [0.05, 0.1) is 23.1 Å². The second kappa shape index (κ2) is 12.6. The van der Waals surface area contributed by atoms with Crippen LogP contribution < -0.4 is 11.1 Å². The van der Waals surface area contributed by atoms with Crippen molar-refractivity contribution in [3.05, 3.63) is 52.5 Å². The summed E-state index contributed by atoms with van der Waals surface area (Å²) in [5.74, 6) is -0.195. The Morgan fingerprint density at radius 1 is 1.31 bits per heavy atom. The number of likely N-dealkylation sites (tertiary alicyclic amines) is 1. The highest BCUT2D eigenvalue weighted by Gasteiger charge is 2.46. The molecular formula is C27H40N4O3S. The Bertz CT molecular complexity index is 930. The molecule has 0 radical (unpaired) electrons. The van der Waals surface area contributed by atoms with E-state index in [-0.39, 0.29) is 17.9 Å². The topological polar surface area (TPSA) is 97.5 Å². The predicted molar refractivity (Wildman–Crippen MR) is 140 cm³/mol. The summed E-state index contributed by atoms with van der Waals surface area (Å²) in [6.07, 6.45) is 6.20. The molecule has 2 heterocycles. The van der Waals surface area contributed by atoms with Crippen molar-refractivity contribution in [2.24, 2.45) is 11.1 Å². The summed E-state index contributed by atoms with van der Waals surface area (Å²) in [6.45, 7) is 7.57. The average molecular weight is 501 g/mol. The molecule has 1 aliphatic rings. The normalized spacial score (nSPS) is 19.4. The Morgan fingerprint density at radius 3 is 2.74 bits per heavy atom. The minimum atomic E-state index is -0.760. The number of aryl methyl sites for hydroxylation is 1. The van der Waals surface area contributed by atoms with Gasteiger partial charge in [0.2, 0.25) is 5.91 Å². The Labute approximate surface area is 213 Å². The van der Waals surface area contributed by atoms with Gasteiger partial charge in [-0.2, -0.15) is 0 Å². The van der Waals surface area contributed by atoms with Gasteiger partial charge in [-0.15, -0.1) is 11.3 Å². The van der Waals surface area contributed by atoms with E-state index in [4.69, 9.17) is 10.5 Å². The van der Waals surface area contributed by atoms with Crippen LogP contribution in [0.3, 0.4) is 0 Å². The molecule has 1 aromatic heterocycles. The van der Waals surface area contributed by atoms with Crippen molar-refractivity contribution < 1.29 is 14.3 Å². The van der Waals surface area contributed by atoms with Crippen molar-refractivity contribution in [3.63, 3.8) is 0 Å². The lowest BCUT2D eigenvalue weighted by Gasteiger charge is -2.42. The third-order valence-electron chi connectivity index (χ3n) is 6.47. The lowest BCUT2D eigenvalue weighted by Crippen LogP contribution is -2.57. The van der Waals surface area contributed by atoms with E-state index in [0.29, 0.717) is 45.5 Å². The summed E-state index contributed by atoms with van der Waals surface area (Å²) >= 11 is 1.54. The first-order valence-electron chi connectivity index (χ1n) is 12.6. The van der Waals surface area contributed by atoms with Crippen molar-refractivity contribution in [2.75, 3.05) is 26.2 Å². The fraction of sp³-hybridized carbons (Fsp3) is 0.593. The number of ether oxygens (including phenoxy) is 1. The molecule has 0 aliphatic carbocycles. The van der Waals surface area contributed by atoms with Gasteiger partial charge in [0.1, 0.15) is 0 Å². The Kier molecular flexibility index (Phi) is 9.83. The summed E-state index contributed by atoms with van der Waals surface area (Å²) in [4.78, 5) is 33.2. The van der Waals surface area contributed by atoms with Gasteiger partial charge < -0.3 is 20.7 Å². The Balaban J connectivity index is 1.74. The Morgan fingerprint density at radius 2 is 2.09 bits per heavy atom. The fourth-order valence-corrected chi connectivity index (χ4v) is 5.45. The van der Waals surface area contributed by atoms with Gasteiger partial charge in [-0.05, 0) is 58.4 Å². The molecule has 1 fully saturated rings. The van der Waals surface area contributed by atoms with E-state index in [1.807, 2.05) is 49.3 Å². The van der Waals surface area contributed by atoms with Crippen LogP contribution in [-0.4, -0.2) is 59.6 Å². The van der Waals surface area contributed by atoms with Crippen LogP contribution in [-0.2, 0) is 27.2 Å². The van der Waals surface area contributed by atoms with Crippen LogP contribution in [0.1, 0.15) is 57.0 Å². The molecule has 1 saturated heterocycles. The van der Waals surface area contributed by atoms with Gasteiger partial charge in [0, 0.05) is 43.2 Å². The molecule has 3 rings (SSSR count). The molecular weight excluding hydrogens is 460 g/mol. The molecule has 1 aliphatic heterocycles. The van der Waals surface area contributed by atoms with E-state index in [1.54, 1.807) is 6.20 Å². The fourth-order valence-electron chi connectivity index (χ4n) is 4.69. The number of benzene rings is 1. The highest BCUT2D eigenvalue weighted by molar-refractivity contribution is 7.09. The summed E-state index contributed by atoms with van der Waals surface area (Å²) < 4.78 is 5.50. The number of carbonyl (C=O) groups excluding carboxylic acids is 2. The minimum absolute atomic E-state index is 0.0369. The number of carbonyl (C=O) groups is 2. The number of aromatic nitrogens is 1. The zero-order valence-electron chi connectivity index (χ0n) is 21.3. The third kappa shape index (κ3) is 8.12. The van der Waals surface area contributed by atoms with Crippen LogP contribution in [0.25, 0.3) is 0 Å². The number of hydrogen-bond acceptors (Lipinski definition) is 7. The standard InChI is InChI=1S/C27H40N4O3S/c1-4-34-25(33)27(18-23-29-15-17-35-23)14-9-16-31(20-27)24(32)22(30-19-26(2,3)28)13-8-12-21-10-6-5-7-11-21/h5-7,10-11,15,17,22,30H,4,8-9,12-14,16,18-20,28H2,1-3H3/t22-,27?/m1/s1. The first-order chi connectivity index (χ1) is 16.7. The zero-order chi connectivity index (χ0) is 25.3. The van der Waals surface area contributed by atoms with Crippen LogP contribution in [0.5, 0.6) is 0 Å². The molecule has 8 heteroatoms. The molecule has 1 amide bonds. The zero-order valence-corrected chi connectivity index (χ0v) is 22.1. The number of nitrogens with zero attached hydrogens (tertiary/aromatic N) is 2. The maximum Gasteiger partial charge on any atom is 0.314 e. The lowest BCUT2D eigenvalue weighted by atomic mass is 9.77. The number of nitrogens with one attached hydrogen (secondary N) is 1. The average Bonchev–Trinajstić information content (AvgIpc) is 3.34. The van der Waals surface area contributed by atoms with E-state index < -0.39 is 11.0 Å². The van der Waals surface area contributed by atoms with Gasteiger partial charge in [-0.3, -0.25) is 9.59 Å². The number of rotatable bonds is 12. The molecule has 0 bridgehead atoms. The van der Waals surface area contributed by atoms with E-state index in [0.717, 1.165) is 24.3 Å². The summed E-state index contributed by atoms with van der Waals surface area (Å²) in [6, 6.07) is 9.98. The number of nitrogens with two attached hydrogens (primary N) is 1. The van der Waals surface area contributed by atoms with Gasteiger partial charge in [0.25, 0.3) is 0 Å². The smallest absolute Gasteiger partial charge is 0.314 e. The minimum Gasteiger partial charge on any atom is -0.466 e. The second-order valence-corrected chi connectivity index (χ2v) is 11.2. The summed E-state index contributed by atoms with van der Waals surface area (Å²) in [7, 11) is 0. The van der Waals surface area contributed by atoms with E-state index >= 15 is 0 Å². The van der Waals surface area contributed by atoms with Crippen molar-refractivity contribution in [1.82, 2.24) is 15.2 Å². The van der Waals surface area contributed by atoms with E-state index in [9.17, 15) is 9.59 Å². The first-order valence-corrected chi connectivity index (χ1v) is 13.5. The summed E-state index contributed by atoms with van der Waals surface area (Å²) in [5, 5.41) is 6.24. The molecule has 1 unspecified atom stereocenters. The predicted octanol–water partition coefficient (Wildman–Crippen LogP) is 3.58. The monoisotopic (exact) mass is 500 g/mol. The molecule has 35 heavy (non-hydrogen) atoms. The van der Waals surface area contributed by atoms with Gasteiger partial charge >= 0.3 is 5.97 Å². The number of thiazole rings is 1. The quantitative estimate of drug-likeness (QED) is 0.433. The SMILES string of the molecule is CCOC(=O)C1(Cc2nccs2)CCCN(C(=O)[C@@H](CCCc2ccccc2)NCC(C)(C)N)C1. The van der Waals surface area contributed by atoms with Gasteiger partial charge in [-0.1, -0.05) is 30.3 Å². The lowest BCUT2D eigenvalue weighted by molar-refractivity contribution is -0.161. The second-order valence-electron chi connectivity index (χ2n) is 10.3. The van der Waals surface area contributed by atoms with Crippen LogP contribution in [0, 0.1) is 5.41 Å². The maximum atomic E-state index is 13.8. The maximum absolute atomic E-state index is 13.8.